The summed E-state index contributed by atoms with van der Waals surface area (Å²) in [7, 11) is 1.62. The summed E-state index contributed by atoms with van der Waals surface area (Å²) in [6.07, 6.45) is 2.94. The van der Waals surface area contributed by atoms with Crippen molar-refractivity contribution in [3.8, 4) is 23.2 Å². The number of amides is 1. The van der Waals surface area contributed by atoms with Crippen molar-refractivity contribution in [1.82, 2.24) is 15.2 Å². The third-order valence-corrected chi connectivity index (χ3v) is 8.03. The van der Waals surface area contributed by atoms with Crippen LogP contribution in [0.25, 0.3) is 11.4 Å². The number of carbonyl (C=O) groups is 1. The van der Waals surface area contributed by atoms with Crippen LogP contribution in [0.3, 0.4) is 0 Å². The molecule has 9 heteroatoms. The Labute approximate surface area is 202 Å². The minimum absolute atomic E-state index is 0.165. The zero-order valence-corrected chi connectivity index (χ0v) is 20.8. The Morgan fingerprint density at radius 1 is 1.36 bits per heavy atom. The molecule has 2 aromatic heterocycles. The maximum atomic E-state index is 12.6. The molecule has 0 aliphatic heterocycles. The van der Waals surface area contributed by atoms with Crippen LogP contribution in [0.1, 0.15) is 43.2 Å². The largest absolute Gasteiger partial charge is 0.497 e. The van der Waals surface area contributed by atoms with E-state index in [9.17, 15) is 10.1 Å². The summed E-state index contributed by atoms with van der Waals surface area (Å²) >= 11 is 2.80. The molecule has 33 heavy (non-hydrogen) atoms. The van der Waals surface area contributed by atoms with Gasteiger partial charge in [0.05, 0.1) is 18.4 Å². The third-order valence-electron chi connectivity index (χ3n) is 6.02. The highest BCUT2D eigenvalue weighted by atomic mass is 32.2. The van der Waals surface area contributed by atoms with Gasteiger partial charge in [0.2, 0.25) is 11.1 Å². The SMILES string of the molecule is COc1ccc(-c2nc(SCC(=O)Nc3sc4c(c3C#N)CCC(C(C)(C)C)C4)n[nH]2)cc1. The van der Waals surface area contributed by atoms with Gasteiger partial charge in [-0.1, -0.05) is 32.5 Å². The first-order chi connectivity index (χ1) is 15.8. The second kappa shape index (κ2) is 9.57. The van der Waals surface area contributed by atoms with Gasteiger partial charge >= 0.3 is 0 Å². The number of nitrogens with one attached hydrogen (secondary N) is 2. The first kappa shape index (κ1) is 23.3. The van der Waals surface area contributed by atoms with Gasteiger partial charge in [-0.15, -0.1) is 16.4 Å². The number of benzene rings is 1. The quantitative estimate of drug-likeness (QED) is 0.463. The molecule has 1 aromatic carbocycles. The molecule has 1 amide bonds. The molecule has 1 aliphatic carbocycles. The van der Waals surface area contributed by atoms with E-state index in [4.69, 9.17) is 4.74 Å². The first-order valence-electron chi connectivity index (χ1n) is 10.8. The molecule has 2 heterocycles. The number of hydrogen-bond acceptors (Lipinski definition) is 7. The van der Waals surface area contributed by atoms with Gasteiger partial charge in [0.1, 0.15) is 16.8 Å². The van der Waals surface area contributed by atoms with Gasteiger partial charge in [-0.05, 0) is 60.4 Å². The van der Waals surface area contributed by atoms with E-state index >= 15 is 0 Å². The van der Waals surface area contributed by atoms with Crippen LogP contribution in [0, 0.1) is 22.7 Å². The van der Waals surface area contributed by atoms with E-state index in [-0.39, 0.29) is 17.1 Å². The van der Waals surface area contributed by atoms with E-state index in [1.807, 2.05) is 24.3 Å². The van der Waals surface area contributed by atoms with E-state index in [1.54, 1.807) is 18.4 Å². The molecule has 1 aliphatic rings. The number of rotatable bonds is 6. The van der Waals surface area contributed by atoms with Gasteiger partial charge in [-0.25, -0.2) is 4.98 Å². The summed E-state index contributed by atoms with van der Waals surface area (Å²) < 4.78 is 5.17. The van der Waals surface area contributed by atoms with Crippen LogP contribution in [-0.4, -0.2) is 34.0 Å². The van der Waals surface area contributed by atoms with E-state index in [2.05, 4.69) is 47.3 Å². The fourth-order valence-electron chi connectivity index (χ4n) is 4.01. The van der Waals surface area contributed by atoms with E-state index < -0.39 is 0 Å². The number of fused-ring (bicyclic) bond motifs is 1. The molecule has 4 rings (SSSR count). The van der Waals surface area contributed by atoms with Crippen molar-refractivity contribution < 1.29 is 9.53 Å². The van der Waals surface area contributed by atoms with E-state index in [0.29, 0.717) is 27.5 Å². The Morgan fingerprint density at radius 3 is 2.79 bits per heavy atom. The highest BCUT2D eigenvalue weighted by Crippen LogP contribution is 2.44. The molecule has 2 N–H and O–H groups in total. The van der Waals surface area contributed by atoms with Crippen molar-refractivity contribution in [2.45, 2.75) is 45.2 Å². The molecule has 0 radical (unpaired) electrons. The van der Waals surface area contributed by atoms with Crippen LogP contribution in [0.2, 0.25) is 0 Å². The van der Waals surface area contributed by atoms with E-state index in [0.717, 1.165) is 36.1 Å². The molecular weight excluding hydrogens is 454 g/mol. The number of nitrogens with zero attached hydrogens (tertiary/aromatic N) is 3. The number of ether oxygens (including phenoxy) is 1. The van der Waals surface area contributed by atoms with E-state index in [1.165, 1.54) is 16.6 Å². The fraction of sp³-hybridized carbons (Fsp3) is 0.417. The third kappa shape index (κ3) is 5.23. The molecule has 0 bridgehead atoms. The monoisotopic (exact) mass is 481 g/mol. The van der Waals surface area contributed by atoms with Gasteiger partial charge in [0.15, 0.2) is 5.82 Å². The average Bonchev–Trinajstić information content (AvgIpc) is 3.40. The lowest BCUT2D eigenvalue weighted by Gasteiger charge is -2.33. The van der Waals surface area contributed by atoms with Crippen LogP contribution in [0.15, 0.2) is 29.4 Å². The Bertz CT molecular complexity index is 1190. The summed E-state index contributed by atoms with van der Waals surface area (Å²) in [4.78, 5) is 18.3. The number of nitriles is 1. The lowest BCUT2D eigenvalue weighted by Crippen LogP contribution is -2.26. The lowest BCUT2D eigenvalue weighted by molar-refractivity contribution is -0.113. The number of thiophene rings is 1. The molecule has 1 atom stereocenters. The standard InChI is InChI=1S/C24H27N5O2S2/c1-24(2,3)15-7-10-17-18(12-25)22(33-19(17)11-15)26-20(30)13-32-23-27-21(28-29-23)14-5-8-16(31-4)9-6-14/h5-6,8-9,15H,7,10-11,13H2,1-4H3,(H,26,30)(H,27,28,29). The fourth-order valence-corrected chi connectivity index (χ4v) is 5.91. The van der Waals surface area contributed by atoms with Crippen molar-refractivity contribution in [1.29, 1.82) is 5.26 Å². The first-order valence-corrected chi connectivity index (χ1v) is 12.6. The van der Waals surface area contributed by atoms with Gasteiger partial charge in [0.25, 0.3) is 0 Å². The molecule has 0 saturated heterocycles. The normalized spacial score (nSPS) is 15.5. The van der Waals surface area contributed by atoms with Crippen molar-refractivity contribution in [2.24, 2.45) is 11.3 Å². The van der Waals surface area contributed by atoms with Gasteiger partial charge in [-0.3, -0.25) is 9.89 Å². The number of methoxy groups -OCH3 is 1. The maximum Gasteiger partial charge on any atom is 0.235 e. The molecule has 172 valence electrons. The van der Waals surface area contributed by atoms with Crippen LogP contribution in [0.5, 0.6) is 5.75 Å². The number of carbonyl (C=O) groups excluding carboxylic acids is 1. The molecule has 7 nitrogen and oxygen atoms in total. The summed E-state index contributed by atoms with van der Waals surface area (Å²) in [6, 6.07) is 9.82. The molecular formula is C24H27N5O2S2. The van der Waals surface area contributed by atoms with Gasteiger partial charge in [0, 0.05) is 10.4 Å². The minimum atomic E-state index is -0.168. The van der Waals surface area contributed by atoms with Crippen LogP contribution >= 0.6 is 23.1 Å². The second-order valence-electron chi connectivity index (χ2n) is 9.16. The Kier molecular flexibility index (Phi) is 6.77. The highest BCUT2D eigenvalue weighted by Gasteiger charge is 2.32. The zero-order valence-electron chi connectivity index (χ0n) is 19.2. The van der Waals surface area contributed by atoms with Crippen molar-refractivity contribution in [2.75, 3.05) is 18.2 Å². The highest BCUT2D eigenvalue weighted by molar-refractivity contribution is 7.99. The van der Waals surface area contributed by atoms with Crippen molar-refractivity contribution in [3.63, 3.8) is 0 Å². The zero-order chi connectivity index (χ0) is 23.6. The number of aromatic amines is 1. The topological polar surface area (TPSA) is 104 Å². The summed E-state index contributed by atoms with van der Waals surface area (Å²) in [5, 5.41) is 20.9. The molecule has 0 spiro atoms. The van der Waals surface area contributed by atoms with Crippen molar-refractivity contribution in [3.05, 3.63) is 40.3 Å². The molecule has 1 unspecified atom stereocenters. The lowest BCUT2D eigenvalue weighted by atomic mass is 9.72. The molecule has 3 aromatic rings. The Morgan fingerprint density at radius 2 is 2.12 bits per heavy atom. The number of thioether (sulfide) groups is 1. The molecule has 0 fully saturated rings. The van der Waals surface area contributed by atoms with Crippen LogP contribution < -0.4 is 10.1 Å². The van der Waals surface area contributed by atoms with Gasteiger partial charge in [-0.2, -0.15) is 5.26 Å². The number of hydrogen-bond donors (Lipinski definition) is 2. The maximum absolute atomic E-state index is 12.6. The van der Waals surface area contributed by atoms with Gasteiger partial charge < -0.3 is 10.1 Å². The number of H-pyrrole nitrogens is 1. The van der Waals surface area contributed by atoms with Crippen LogP contribution in [-0.2, 0) is 17.6 Å². The number of anilines is 1. The summed E-state index contributed by atoms with van der Waals surface area (Å²) in [6.45, 7) is 6.81. The minimum Gasteiger partial charge on any atom is -0.497 e. The smallest absolute Gasteiger partial charge is 0.235 e. The average molecular weight is 482 g/mol. The second-order valence-corrected chi connectivity index (χ2v) is 11.2. The Balaban J connectivity index is 1.38. The van der Waals surface area contributed by atoms with Crippen molar-refractivity contribution >= 4 is 34.0 Å². The summed E-state index contributed by atoms with van der Waals surface area (Å²) in [5.74, 6) is 1.98. The predicted octanol–water partition coefficient (Wildman–Crippen LogP) is 5.30. The summed E-state index contributed by atoms with van der Waals surface area (Å²) in [5.41, 5.74) is 2.86. The molecule has 0 saturated carbocycles. The van der Waals surface area contributed by atoms with Crippen LogP contribution in [0.4, 0.5) is 5.00 Å². The Hall–Kier alpha value is -2.83. The number of aromatic nitrogens is 3. The predicted molar refractivity (Wildman–Crippen MR) is 132 cm³/mol.